The number of benzene rings is 2. The number of amides is 1. The molecule has 8 heteroatoms. The minimum Gasteiger partial charge on any atom is -0.493 e. The van der Waals surface area contributed by atoms with Crippen molar-refractivity contribution in [3.63, 3.8) is 0 Å². The fourth-order valence-corrected chi connectivity index (χ4v) is 5.11. The summed E-state index contributed by atoms with van der Waals surface area (Å²) in [7, 11) is 1.54. The number of carboxylic acids is 1. The van der Waals surface area contributed by atoms with Crippen molar-refractivity contribution >= 4 is 28.9 Å². The van der Waals surface area contributed by atoms with Gasteiger partial charge in [-0.25, -0.2) is 9.18 Å². The third-order valence-corrected chi connectivity index (χ3v) is 6.40. The van der Waals surface area contributed by atoms with Gasteiger partial charge >= 0.3 is 5.97 Å². The van der Waals surface area contributed by atoms with Gasteiger partial charge in [0.2, 0.25) is 5.91 Å². The summed E-state index contributed by atoms with van der Waals surface area (Å²) < 4.78 is 25.2. The van der Waals surface area contributed by atoms with Crippen LogP contribution in [0.5, 0.6) is 11.5 Å². The highest BCUT2D eigenvalue weighted by atomic mass is 32.1. The Hall–Kier alpha value is -3.39. The minimum atomic E-state index is -1.14. The van der Waals surface area contributed by atoms with Gasteiger partial charge < -0.3 is 19.9 Å². The Bertz CT molecular complexity index is 1170. The van der Waals surface area contributed by atoms with Crippen molar-refractivity contribution in [1.82, 2.24) is 0 Å². The normalized spacial score (nSPS) is 15.2. The summed E-state index contributed by atoms with van der Waals surface area (Å²) in [6.45, 7) is 2.25. The van der Waals surface area contributed by atoms with Crippen LogP contribution in [0.1, 0.15) is 39.4 Å². The lowest BCUT2D eigenvalue weighted by atomic mass is 9.88. The number of nitrogens with one attached hydrogen (secondary N) is 1. The lowest BCUT2D eigenvalue weighted by molar-refractivity contribution is -0.116. The van der Waals surface area contributed by atoms with Gasteiger partial charge in [0, 0.05) is 28.3 Å². The Morgan fingerprint density at radius 1 is 1.29 bits per heavy atom. The summed E-state index contributed by atoms with van der Waals surface area (Å²) in [5, 5.41) is 12.7. The molecule has 1 atom stereocenters. The Morgan fingerprint density at radius 2 is 2.06 bits per heavy atom. The van der Waals surface area contributed by atoms with Crippen molar-refractivity contribution in [3.05, 3.63) is 63.6 Å². The number of carbonyl (C=O) groups excluding carboxylic acids is 1. The number of thiophene rings is 1. The van der Waals surface area contributed by atoms with Crippen LogP contribution in [0, 0.1) is 5.82 Å². The molecule has 0 aliphatic carbocycles. The van der Waals surface area contributed by atoms with E-state index in [1.54, 1.807) is 12.1 Å². The van der Waals surface area contributed by atoms with Crippen molar-refractivity contribution in [2.75, 3.05) is 19.0 Å². The molecule has 0 unspecified atom stereocenters. The number of methoxy groups -OCH3 is 1. The Morgan fingerprint density at radius 3 is 2.74 bits per heavy atom. The second-order valence-corrected chi connectivity index (χ2v) is 8.03. The van der Waals surface area contributed by atoms with E-state index < -0.39 is 17.7 Å². The molecule has 2 heterocycles. The first-order valence-corrected chi connectivity index (χ1v) is 10.5. The molecule has 6 nitrogen and oxygen atoms in total. The van der Waals surface area contributed by atoms with E-state index in [2.05, 4.69) is 5.32 Å². The molecule has 0 radical (unpaired) electrons. The molecule has 3 aromatic rings. The van der Waals surface area contributed by atoms with Crippen molar-refractivity contribution in [2.24, 2.45) is 0 Å². The van der Waals surface area contributed by atoms with Crippen molar-refractivity contribution in [2.45, 2.75) is 19.3 Å². The second kappa shape index (κ2) is 8.39. The monoisotopic (exact) mass is 441 g/mol. The molecule has 0 spiro atoms. The quantitative estimate of drug-likeness (QED) is 0.554. The topological polar surface area (TPSA) is 84.9 Å². The molecule has 0 saturated heterocycles. The molecule has 160 valence electrons. The number of rotatable bonds is 6. The average Bonchev–Trinajstić information content (AvgIpc) is 3.13. The van der Waals surface area contributed by atoms with E-state index in [1.165, 1.54) is 25.3 Å². The van der Waals surface area contributed by atoms with Crippen LogP contribution in [0.25, 0.3) is 11.1 Å². The Labute approximate surface area is 182 Å². The molecule has 2 N–H and O–H groups in total. The molecule has 0 bridgehead atoms. The average molecular weight is 441 g/mol. The zero-order chi connectivity index (χ0) is 22.1. The number of aromatic carboxylic acids is 1. The highest BCUT2D eigenvalue weighted by molar-refractivity contribution is 7.15. The van der Waals surface area contributed by atoms with Gasteiger partial charge in [-0.05, 0) is 30.7 Å². The van der Waals surface area contributed by atoms with Crippen LogP contribution in [0.4, 0.5) is 10.1 Å². The smallest absolute Gasteiger partial charge is 0.346 e. The predicted octanol–water partition coefficient (Wildman–Crippen LogP) is 5.13. The third-order valence-electron chi connectivity index (χ3n) is 5.11. The van der Waals surface area contributed by atoms with Crippen LogP contribution in [-0.2, 0) is 4.79 Å². The highest BCUT2D eigenvalue weighted by Crippen LogP contribution is 2.51. The van der Waals surface area contributed by atoms with Crippen LogP contribution in [0.2, 0.25) is 0 Å². The zero-order valence-corrected chi connectivity index (χ0v) is 17.7. The first-order chi connectivity index (χ1) is 14.9. The van der Waals surface area contributed by atoms with Gasteiger partial charge in [0.15, 0.2) is 11.5 Å². The number of anilines is 1. The van der Waals surface area contributed by atoms with Crippen LogP contribution in [-0.4, -0.2) is 30.7 Å². The van der Waals surface area contributed by atoms with Gasteiger partial charge in [0.25, 0.3) is 0 Å². The minimum absolute atomic E-state index is 0.0451. The maximum atomic E-state index is 13.9. The summed E-state index contributed by atoms with van der Waals surface area (Å²) in [6.07, 6.45) is 0.127. The molecule has 4 rings (SSSR count). The van der Waals surface area contributed by atoms with E-state index in [9.17, 15) is 19.1 Å². The number of fused-ring (bicyclic) bond motifs is 1. The van der Waals surface area contributed by atoms with E-state index >= 15 is 0 Å². The fraction of sp³-hybridized carbons (Fsp3) is 0.217. The summed E-state index contributed by atoms with van der Waals surface area (Å²) in [5.74, 6) is -1.25. The van der Waals surface area contributed by atoms with E-state index in [0.717, 1.165) is 16.9 Å². The SMILES string of the molecule is CCOc1c(OC)cccc1[C@H]1CC(=O)Nc2c1sc(C(=O)O)c2-c1cccc(F)c1. The lowest BCUT2D eigenvalue weighted by Crippen LogP contribution is -2.23. The Kier molecular flexibility index (Phi) is 5.65. The summed E-state index contributed by atoms with van der Waals surface area (Å²) in [5.41, 5.74) is 1.85. The number of hydrogen-bond donors (Lipinski definition) is 2. The maximum Gasteiger partial charge on any atom is 0.346 e. The first kappa shape index (κ1) is 20.9. The summed E-state index contributed by atoms with van der Waals surface area (Å²) >= 11 is 1.08. The molecule has 2 aromatic carbocycles. The summed E-state index contributed by atoms with van der Waals surface area (Å²) in [4.78, 5) is 25.4. The molecule has 31 heavy (non-hydrogen) atoms. The van der Waals surface area contributed by atoms with Gasteiger partial charge in [0.1, 0.15) is 10.7 Å². The van der Waals surface area contributed by atoms with E-state index in [1.807, 2.05) is 19.1 Å². The van der Waals surface area contributed by atoms with Crippen LogP contribution in [0.15, 0.2) is 42.5 Å². The second-order valence-electron chi connectivity index (χ2n) is 6.98. The molecule has 1 aromatic heterocycles. The van der Waals surface area contributed by atoms with Crippen molar-refractivity contribution < 1.29 is 28.6 Å². The highest BCUT2D eigenvalue weighted by Gasteiger charge is 2.36. The largest absolute Gasteiger partial charge is 0.493 e. The van der Waals surface area contributed by atoms with Crippen LogP contribution >= 0.6 is 11.3 Å². The number of carbonyl (C=O) groups is 2. The number of halogens is 1. The van der Waals surface area contributed by atoms with E-state index in [0.29, 0.717) is 39.8 Å². The summed E-state index contributed by atoms with van der Waals surface area (Å²) in [6, 6.07) is 11.1. The zero-order valence-electron chi connectivity index (χ0n) is 16.9. The Balaban J connectivity index is 1.96. The number of carboxylic acid groups (broad SMARTS) is 1. The molecular weight excluding hydrogens is 421 g/mol. The standard InChI is InChI=1S/C23H20FNO5S/c1-3-30-20-14(8-5-9-16(20)29-2)15-11-17(26)25-19-18(12-6-4-7-13(24)10-12)22(23(27)28)31-21(15)19/h4-10,15H,3,11H2,1-2H3,(H,25,26)(H,27,28)/t15-/m1/s1. The molecule has 0 fully saturated rings. The van der Waals surface area contributed by atoms with Gasteiger partial charge in [-0.2, -0.15) is 0 Å². The molecule has 1 amide bonds. The van der Waals surface area contributed by atoms with E-state index in [4.69, 9.17) is 9.47 Å². The van der Waals surface area contributed by atoms with Crippen LogP contribution < -0.4 is 14.8 Å². The number of hydrogen-bond acceptors (Lipinski definition) is 5. The van der Waals surface area contributed by atoms with E-state index in [-0.39, 0.29) is 17.2 Å². The molecular formula is C23H20FNO5S. The molecule has 1 aliphatic rings. The number of ether oxygens (including phenoxy) is 2. The number of para-hydroxylation sites is 1. The van der Waals surface area contributed by atoms with Crippen LogP contribution in [0.3, 0.4) is 0 Å². The maximum absolute atomic E-state index is 13.9. The fourth-order valence-electron chi connectivity index (χ4n) is 3.87. The first-order valence-electron chi connectivity index (χ1n) is 9.70. The molecule has 0 saturated carbocycles. The van der Waals surface area contributed by atoms with Gasteiger partial charge in [-0.1, -0.05) is 24.3 Å². The predicted molar refractivity (Wildman–Crippen MR) is 116 cm³/mol. The third kappa shape index (κ3) is 3.74. The molecule has 1 aliphatic heterocycles. The van der Waals surface area contributed by atoms with Gasteiger partial charge in [0.05, 0.1) is 19.4 Å². The van der Waals surface area contributed by atoms with Gasteiger partial charge in [-0.3, -0.25) is 4.79 Å². The van der Waals surface area contributed by atoms with Crippen molar-refractivity contribution in [3.8, 4) is 22.6 Å². The van der Waals surface area contributed by atoms with Crippen molar-refractivity contribution in [1.29, 1.82) is 0 Å². The van der Waals surface area contributed by atoms with Gasteiger partial charge in [-0.15, -0.1) is 11.3 Å². The lowest BCUT2D eigenvalue weighted by Gasteiger charge is -2.26.